The number of benzene rings is 1. The van der Waals surface area contributed by atoms with Crippen molar-refractivity contribution in [3.05, 3.63) is 35.6 Å². The van der Waals surface area contributed by atoms with E-state index in [9.17, 15) is 13.2 Å². The summed E-state index contributed by atoms with van der Waals surface area (Å²) in [6.45, 7) is -0.103. The number of nitrogens with two attached hydrogens (primary N) is 1. The average Bonchev–Trinajstić information content (AvgIpc) is 2.98. The van der Waals surface area contributed by atoms with Crippen LogP contribution in [0.15, 0.2) is 24.3 Å². The molecule has 2 N–H and O–H groups in total. The quantitative estimate of drug-likeness (QED) is 0.824. The van der Waals surface area contributed by atoms with E-state index >= 15 is 0 Å². The highest BCUT2D eigenvalue weighted by molar-refractivity contribution is 5.27. The van der Waals surface area contributed by atoms with Crippen molar-refractivity contribution in [2.75, 3.05) is 6.54 Å². The fraction of sp³-hybridized carbons (Fsp3) is 0.455. The zero-order chi connectivity index (χ0) is 11.1. The van der Waals surface area contributed by atoms with Crippen LogP contribution in [0.25, 0.3) is 0 Å². The summed E-state index contributed by atoms with van der Waals surface area (Å²) in [6.07, 6.45) is 0.732. The van der Waals surface area contributed by atoms with Gasteiger partial charge in [-0.3, -0.25) is 0 Å². The van der Waals surface area contributed by atoms with Crippen molar-refractivity contribution < 1.29 is 13.2 Å². The van der Waals surface area contributed by atoms with Gasteiger partial charge in [-0.25, -0.2) is 13.2 Å². The molecule has 0 aliphatic heterocycles. The van der Waals surface area contributed by atoms with Gasteiger partial charge in [-0.2, -0.15) is 0 Å². The zero-order valence-corrected chi connectivity index (χ0v) is 8.14. The van der Waals surface area contributed by atoms with E-state index in [-0.39, 0.29) is 6.54 Å². The molecule has 1 aromatic carbocycles. The largest absolute Gasteiger partial charge is 0.330 e. The third kappa shape index (κ3) is 1.44. The van der Waals surface area contributed by atoms with Crippen LogP contribution in [0.2, 0.25) is 0 Å². The molecule has 15 heavy (non-hydrogen) atoms. The Kier molecular flexibility index (Phi) is 2.26. The van der Waals surface area contributed by atoms with E-state index < -0.39 is 22.7 Å². The third-order valence-electron chi connectivity index (χ3n) is 3.12. The topological polar surface area (TPSA) is 26.0 Å². The summed E-state index contributed by atoms with van der Waals surface area (Å²) in [5.41, 5.74) is 3.59. The zero-order valence-electron chi connectivity index (χ0n) is 8.14. The minimum absolute atomic E-state index is 0.103. The van der Waals surface area contributed by atoms with Gasteiger partial charge in [-0.15, -0.1) is 0 Å². The lowest BCUT2D eigenvalue weighted by Crippen LogP contribution is -2.34. The number of rotatable bonds is 3. The Morgan fingerprint density at radius 1 is 1.27 bits per heavy atom. The Morgan fingerprint density at radius 2 is 1.87 bits per heavy atom. The molecule has 0 atom stereocenters. The molecule has 0 bridgehead atoms. The van der Waals surface area contributed by atoms with Crippen LogP contribution in [0.5, 0.6) is 0 Å². The molecule has 82 valence electrons. The normalized spacial score (nSPS) is 18.9. The van der Waals surface area contributed by atoms with Gasteiger partial charge >= 0.3 is 0 Å². The number of hydrogen-bond acceptors (Lipinski definition) is 1. The van der Waals surface area contributed by atoms with Gasteiger partial charge in [0, 0.05) is 6.54 Å². The average molecular weight is 215 g/mol. The minimum atomic E-state index is -3.16. The maximum Gasteiger partial charge on any atom is 0.282 e. The van der Waals surface area contributed by atoms with E-state index in [2.05, 4.69) is 0 Å². The number of halogens is 3. The molecule has 0 spiro atoms. The van der Waals surface area contributed by atoms with Crippen molar-refractivity contribution in [1.82, 2.24) is 0 Å². The van der Waals surface area contributed by atoms with Crippen LogP contribution < -0.4 is 5.73 Å². The highest BCUT2D eigenvalue weighted by atomic mass is 19.3. The molecule has 0 saturated heterocycles. The molecule has 0 aromatic heterocycles. The predicted molar refractivity (Wildman–Crippen MR) is 51.0 cm³/mol. The summed E-state index contributed by atoms with van der Waals surface area (Å²) in [6, 6.07) is 5.00. The number of alkyl halides is 2. The first-order valence-corrected chi connectivity index (χ1v) is 4.86. The molecule has 1 saturated carbocycles. The molecular weight excluding hydrogens is 203 g/mol. The van der Waals surface area contributed by atoms with Gasteiger partial charge in [0.25, 0.3) is 5.92 Å². The summed E-state index contributed by atoms with van der Waals surface area (Å²) in [4.78, 5) is 0. The van der Waals surface area contributed by atoms with Crippen molar-refractivity contribution in [3.8, 4) is 0 Å². The molecule has 0 radical (unpaired) electrons. The third-order valence-corrected chi connectivity index (χ3v) is 3.12. The first-order chi connectivity index (χ1) is 7.03. The molecule has 0 unspecified atom stereocenters. The number of hydrogen-bond donors (Lipinski definition) is 1. The second kappa shape index (κ2) is 3.23. The van der Waals surface area contributed by atoms with Gasteiger partial charge in [0.1, 0.15) is 5.82 Å². The second-order valence-corrected chi connectivity index (χ2v) is 4.04. The van der Waals surface area contributed by atoms with Gasteiger partial charge in [-0.1, -0.05) is 18.2 Å². The standard InChI is InChI=1S/C11H12F3N/c12-9-4-2-1-3-8(9)11(13,14)10(7-15)5-6-10/h1-4H,5-7,15H2. The summed E-state index contributed by atoms with van der Waals surface area (Å²) >= 11 is 0. The highest BCUT2D eigenvalue weighted by Gasteiger charge is 2.62. The van der Waals surface area contributed by atoms with Gasteiger partial charge < -0.3 is 5.73 Å². The van der Waals surface area contributed by atoms with Crippen LogP contribution in [0.3, 0.4) is 0 Å². The van der Waals surface area contributed by atoms with Gasteiger partial charge in [0.05, 0.1) is 11.0 Å². The second-order valence-electron chi connectivity index (χ2n) is 4.04. The van der Waals surface area contributed by atoms with Crippen LogP contribution in [0.1, 0.15) is 18.4 Å². The molecule has 0 amide bonds. The van der Waals surface area contributed by atoms with Gasteiger partial charge in [-0.05, 0) is 18.9 Å². The Labute approximate surface area is 86.1 Å². The van der Waals surface area contributed by atoms with Crippen LogP contribution in [-0.4, -0.2) is 6.54 Å². The smallest absolute Gasteiger partial charge is 0.282 e. The Balaban J connectivity index is 2.42. The molecule has 1 aliphatic carbocycles. The SMILES string of the molecule is NCC1(C(F)(F)c2ccccc2F)CC1. The minimum Gasteiger partial charge on any atom is -0.330 e. The Bertz CT molecular complexity index is 372. The van der Waals surface area contributed by atoms with Gasteiger partial charge in [0.2, 0.25) is 0 Å². The summed E-state index contributed by atoms with van der Waals surface area (Å²) in [5, 5.41) is 0. The lowest BCUT2D eigenvalue weighted by atomic mass is 9.91. The lowest BCUT2D eigenvalue weighted by molar-refractivity contribution is -0.0789. The van der Waals surface area contributed by atoms with Crippen LogP contribution in [-0.2, 0) is 5.92 Å². The lowest BCUT2D eigenvalue weighted by Gasteiger charge is -2.26. The molecule has 0 heterocycles. The maximum atomic E-state index is 13.9. The van der Waals surface area contributed by atoms with Crippen LogP contribution >= 0.6 is 0 Å². The molecule has 1 nitrogen and oxygen atoms in total. The predicted octanol–water partition coefficient (Wildman–Crippen LogP) is 2.66. The molecule has 1 fully saturated rings. The maximum absolute atomic E-state index is 13.9. The van der Waals surface area contributed by atoms with E-state index in [1.165, 1.54) is 12.1 Å². The molecule has 2 rings (SSSR count). The fourth-order valence-electron chi connectivity index (χ4n) is 1.80. The Hall–Kier alpha value is -1.03. The molecule has 1 aromatic rings. The van der Waals surface area contributed by atoms with Crippen LogP contribution in [0.4, 0.5) is 13.2 Å². The highest BCUT2D eigenvalue weighted by Crippen LogP contribution is 2.60. The Morgan fingerprint density at radius 3 is 2.33 bits per heavy atom. The monoisotopic (exact) mass is 215 g/mol. The summed E-state index contributed by atoms with van der Waals surface area (Å²) in [5.74, 6) is -4.02. The van der Waals surface area contributed by atoms with E-state index in [0.29, 0.717) is 12.8 Å². The fourth-order valence-corrected chi connectivity index (χ4v) is 1.80. The van der Waals surface area contributed by atoms with Crippen molar-refractivity contribution in [2.24, 2.45) is 11.1 Å². The molecular formula is C11H12F3N. The van der Waals surface area contributed by atoms with E-state index in [0.717, 1.165) is 12.1 Å². The molecule has 1 aliphatic rings. The van der Waals surface area contributed by atoms with E-state index in [1.54, 1.807) is 0 Å². The molecule has 4 heteroatoms. The van der Waals surface area contributed by atoms with Crippen molar-refractivity contribution in [3.63, 3.8) is 0 Å². The van der Waals surface area contributed by atoms with Crippen molar-refractivity contribution in [2.45, 2.75) is 18.8 Å². The summed E-state index contributed by atoms with van der Waals surface area (Å²) < 4.78 is 41.1. The summed E-state index contributed by atoms with van der Waals surface area (Å²) in [7, 11) is 0. The first-order valence-electron chi connectivity index (χ1n) is 4.86. The van der Waals surface area contributed by atoms with E-state index in [4.69, 9.17) is 5.73 Å². The first kappa shape index (κ1) is 10.5. The van der Waals surface area contributed by atoms with Crippen molar-refractivity contribution in [1.29, 1.82) is 0 Å². The van der Waals surface area contributed by atoms with Crippen molar-refractivity contribution >= 4 is 0 Å². The van der Waals surface area contributed by atoms with Crippen LogP contribution in [0, 0.1) is 11.2 Å². The van der Waals surface area contributed by atoms with Gasteiger partial charge in [0.15, 0.2) is 0 Å². The van der Waals surface area contributed by atoms with E-state index in [1.807, 2.05) is 0 Å².